The zero-order valence-corrected chi connectivity index (χ0v) is 13.5. The van der Waals surface area contributed by atoms with Crippen molar-refractivity contribution in [2.75, 3.05) is 0 Å². The number of hydrogen-bond donors (Lipinski definition) is 0. The van der Waals surface area contributed by atoms with Gasteiger partial charge in [0.25, 0.3) is 6.43 Å². The van der Waals surface area contributed by atoms with Gasteiger partial charge < -0.3 is 9.29 Å². The van der Waals surface area contributed by atoms with Gasteiger partial charge in [0.2, 0.25) is 6.17 Å². The average molecular weight is 401 g/mol. The second kappa shape index (κ2) is 6.30. The summed E-state index contributed by atoms with van der Waals surface area (Å²) < 4.78 is 98.0. The topological polar surface area (TPSA) is 32.3 Å². The lowest BCUT2D eigenvalue weighted by molar-refractivity contribution is 0.0102. The van der Waals surface area contributed by atoms with Crippen molar-refractivity contribution in [3.05, 3.63) is 52.3 Å². The van der Waals surface area contributed by atoms with Crippen LogP contribution in [0.5, 0.6) is 11.5 Å². The van der Waals surface area contributed by atoms with Crippen LogP contribution in [0.2, 0.25) is 5.02 Å². The molecule has 0 unspecified atom stereocenters. The lowest BCUT2D eigenvalue weighted by atomic mass is 10.1. The minimum absolute atomic E-state index is 0.0892. The van der Waals surface area contributed by atoms with Crippen LogP contribution >= 0.6 is 11.6 Å². The Labute approximate surface area is 145 Å². The average Bonchev–Trinajstić information content (AvgIpc) is 2.67. The van der Waals surface area contributed by atoms with Crippen LogP contribution in [0.3, 0.4) is 0 Å². The molecule has 0 N–H and O–H groups in total. The molecule has 25 heavy (non-hydrogen) atoms. The van der Waals surface area contributed by atoms with Crippen LogP contribution in [0.15, 0.2) is 35.2 Å². The van der Waals surface area contributed by atoms with E-state index < -0.39 is 56.6 Å². The summed E-state index contributed by atoms with van der Waals surface area (Å²) in [5.74, 6) is -1.74. The molecule has 0 aliphatic carbocycles. The normalized spacial score (nSPS) is 21.5. The molecule has 2 aromatic rings. The molecule has 3 rings (SSSR count). The third-order valence-corrected chi connectivity index (χ3v) is 5.22. The van der Waals surface area contributed by atoms with Gasteiger partial charge >= 0.3 is 5.25 Å². The number of alkyl halides is 5. The zero-order valence-electron chi connectivity index (χ0n) is 11.9. The maximum absolute atomic E-state index is 13.8. The largest absolute Gasteiger partial charge is 0.607 e. The van der Waals surface area contributed by atoms with Crippen molar-refractivity contribution in [2.24, 2.45) is 0 Å². The van der Waals surface area contributed by atoms with Gasteiger partial charge in [-0.3, -0.25) is 0 Å². The van der Waals surface area contributed by atoms with Gasteiger partial charge in [0.1, 0.15) is 22.9 Å². The van der Waals surface area contributed by atoms with Gasteiger partial charge in [-0.25, -0.2) is 17.6 Å². The summed E-state index contributed by atoms with van der Waals surface area (Å²) in [5.41, 5.74) is -1.92. The van der Waals surface area contributed by atoms with Crippen LogP contribution in [0.4, 0.5) is 26.3 Å². The molecule has 2 aromatic carbocycles. The minimum atomic E-state index is -4.33. The fourth-order valence-corrected chi connectivity index (χ4v) is 4.00. The Hall–Kier alpha value is -1.58. The molecule has 1 aliphatic rings. The SMILES string of the molecule is [O-][S@@+]1c2c(ccc(Oc3cc(F)cc(Cl)c3)c2C(F)F)[C@@H](F)C1(F)F. The van der Waals surface area contributed by atoms with Crippen LogP contribution in [0.25, 0.3) is 0 Å². The predicted octanol–water partition coefficient (Wildman–Crippen LogP) is 5.93. The van der Waals surface area contributed by atoms with Crippen LogP contribution < -0.4 is 4.74 Å². The minimum Gasteiger partial charge on any atom is -0.607 e. The molecular formula is C15H7ClF6O2S. The van der Waals surface area contributed by atoms with Crippen molar-refractivity contribution < 1.29 is 35.6 Å². The van der Waals surface area contributed by atoms with Crippen molar-refractivity contribution in [2.45, 2.75) is 22.7 Å². The molecule has 0 saturated carbocycles. The number of halogens is 7. The van der Waals surface area contributed by atoms with Crippen LogP contribution in [-0.2, 0) is 11.2 Å². The highest BCUT2D eigenvalue weighted by atomic mass is 35.5. The fraction of sp³-hybridized carbons (Fsp3) is 0.200. The molecule has 2 nitrogen and oxygen atoms in total. The third kappa shape index (κ3) is 3.04. The summed E-state index contributed by atoms with van der Waals surface area (Å²) >= 11 is 2.31. The van der Waals surface area contributed by atoms with Gasteiger partial charge in [-0.15, -0.1) is 0 Å². The van der Waals surface area contributed by atoms with Crippen LogP contribution in [0.1, 0.15) is 23.7 Å². The van der Waals surface area contributed by atoms with Crippen LogP contribution in [-0.4, -0.2) is 9.81 Å². The molecule has 1 aliphatic heterocycles. The van der Waals surface area contributed by atoms with E-state index in [0.29, 0.717) is 0 Å². The molecule has 0 aromatic heterocycles. The number of rotatable bonds is 3. The number of fused-ring (bicyclic) bond motifs is 1. The first-order valence-electron chi connectivity index (χ1n) is 6.65. The van der Waals surface area contributed by atoms with Gasteiger partial charge in [0.15, 0.2) is 4.90 Å². The summed E-state index contributed by atoms with van der Waals surface area (Å²) in [6, 6.07) is 4.51. The first-order valence-corrected chi connectivity index (χ1v) is 8.18. The maximum atomic E-state index is 13.8. The van der Waals surface area contributed by atoms with Crippen molar-refractivity contribution in [3.63, 3.8) is 0 Å². The molecule has 0 amide bonds. The Morgan fingerprint density at radius 3 is 2.48 bits per heavy atom. The number of hydrogen-bond acceptors (Lipinski definition) is 2. The van der Waals surface area contributed by atoms with Crippen molar-refractivity contribution in [1.82, 2.24) is 0 Å². The second-order valence-corrected chi connectivity index (χ2v) is 7.02. The first kappa shape index (κ1) is 18.2. The van der Waals surface area contributed by atoms with Gasteiger partial charge in [-0.05, 0) is 24.3 Å². The molecule has 10 heteroatoms. The monoisotopic (exact) mass is 400 g/mol. The van der Waals surface area contributed by atoms with E-state index >= 15 is 0 Å². The van der Waals surface area contributed by atoms with Gasteiger partial charge in [0.05, 0.1) is 16.7 Å². The highest BCUT2D eigenvalue weighted by molar-refractivity contribution is 7.93. The molecule has 134 valence electrons. The number of ether oxygens (including phenoxy) is 1. The van der Waals surface area contributed by atoms with E-state index in [4.69, 9.17) is 16.3 Å². The molecular weight excluding hydrogens is 394 g/mol. The van der Waals surface area contributed by atoms with E-state index in [-0.39, 0.29) is 10.8 Å². The van der Waals surface area contributed by atoms with Gasteiger partial charge in [0, 0.05) is 11.1 Å². The van der Waals surface area contributed by atoms with E-state index in [1.54, 1.807) is 0 Å². The summed E-state index contributed by atoms with van der Waals surface area (Å²) in [6.07, 6.45) is -6.35. The maximum Gasteiger partial charge on any atom is 0.447 e. The van der Waals surface area contributed by atoms with E-state index in [2.05, 4.69) is 0 Å². The Bertz CT molecular complexity index is 812. The molecule has 0 saturated heterocycles. The number of benzene rings is 2. The summed E-state index contributed by atoms with van der Waals surface area (Å²) in [4.78, 5) is -1.01. The van der Waals surface area contributed by atoms with Crippen molar-refractivity contribution in [1.29, 1.82) is 0 Å². The zero-order chi connectivity index (χ0) is 18.5. The van der Waals surface area contributed by atoms with Crippen molar-refractivity contribution in [3.8, 4) is 11.5 Å². The molecule has 1 heterocycles. The Kier molecular flexibility index (Phi) is 4.59. The van der Waals surface area contributed by atoms with Crippen molar-refractivity contribution >= 4 is 22.8 Å². The quantitative estimate of drug-likeness (QED) is 0.472. The third-order valence-electron chi connectivity index (χ3n) is 3.47. The second-order valence-electron chi connectivity index (χ2n) is 5.10. The molecule has 0 bridgehead atoms. The molecule has 0 spiro atoms. The highest BCUT2D eigenvalue weighted by Gasteiger charge is 2.63. The Morgan fingerprint density at radius 2 is 1.88 bits per heavy atom. The lowest BCUT2D eigenvalue weighted by Gasteiger charge is -2.16. The van der Waals surface area contributed by atoms with E-state index in [1.807, 2.05) is 0 Å². The fourth-order valence-electron chi connectivity index (χ4n) is 2.43. The summed E-state index contributed by atoms with van der Waals surface area (Å²) in [5, 5.41) is -4.42. The molecule has 2 atom stereocenters. The first-order chi connectivity index (χ1) is 11.6. The molecule has 0 fully saturated rings. The summed E-state index contributed by atoms with van der Waals surface area (Å²) in [7, 11) is 0. The van der Waals surface area contributed by atoms with E-state index in [9.17, 15) is 30.9 Å². The lowest BCUT2D eigenvalue weighted by Crippen LogP contribution is -2.27. The predicted molar refractivity (Wildman–Crippen MR) is 78.1 cm³/mol. The summed E-state index contributed by atoms with van der Waals surface area (Å²) in [6.45, 7) is 0. The standard InChI is InChI=1S/C15H7ClF6O2S/c16-6-3-7(17)5-8(4-6)24-10-2-1-9-12(11(10)14(19)20)25(23)15(21,22)13(9)18/h1-5,13-14H/t13-,25+/m1/s1. The highest BCUT2D eigenvalue weighted by Crippen LogP contribution is 2.55. The van der Waals surface area contributed by atoms with Gasteiger partial charge in [-0.2, -0.15) is 8.78 Å². The van der Waals surface area contributed by atoms with Crippen LogP contribution in [0, 0.1) is 5.82 Å². The molecule has 0 radical (unpaired) electrons. The van der Waals surface area contributed by atoms with E-state index in [1.165, 1.54) is 0 Å². The van der Waals surface area contributed by atoms with E-state index in [0.717, 1.165) is 30.3 Å². The van der Waals surface area contributed by atoms with Gasteiger partial charge in [-0.1, -0.05) is 11.6 Å². The Morgan fingerprint density at radius 1 is 1.20 bits per heavy atom. The smallest absolute Gasteiger partial charge is 0.447 e. The Balaban J connectivity index is 2.12.